The molecule has 0 amide bonds. The van der Waals surface area contributed by atoms with Crippen LogP contribution in [0.1, 0.15) is 5.69 Å². The van der Waals surface area contributed by atoms with Crippen LogP contribution in [0.25, 0.3) is 10.9 Å². The summed E-state index contributed by atoms with van der Waals surface area (Å²) in [6, 6.07) is 7.17. The number of fused-ring (bicyclic) bond motifs is 1. The number of sulfonamides is 1. The van der Waals surface area contributed by atoms with Gasteiger partial charge in [0.25, 0.3) is 0 Å². The van der Waals surface area contributed by atoms with Crippen molar-refractivity contribution in [1.82, 2.24) is 4.98 Å². The minimum absolute atomic E-state index is 0.188. The fourth-order valence-electron chi connectivity index (χ4n) is 1.62. The van der Waals surface area contributed by atoms with Gasteiger partial charge in [0.05, 0.1) is 0 Å². The molecule has 1 aromatic carbocycles. The van der Waals surface area contributed by atoms with E-state index in [1.807, 2.05) is 12.1 Å². The third kappa shape index (κ3) is 1.30. The molecule has 0 spiro atoms. The quantitative estimate of drug-likeness (QED) is 0.740. The maximum atomic E-state index is 11.3. The molecule has 1 heterocycles. The third-order valence-corrected chi connectivity index (χ3v) is 3.21. The zero-order valence-electron chi connectivity index (χ0n) is 7.61. The number of nitrogens with one attached hydrogen (secondary N) is 1. The second-order valence-electron chi connectivity index (χ2n) is 3.17. The molecule has 0 atom stereocenters. The summed E-state index contributed by atoms with van der Waals surface area (Å²) in [5.74, 6) is 0. The molecule has 0 bridgehead atoms. The van der Waals surface area contributed by atoms with Crippen molar-refractivity contribution in [2.24, 2.45) is 5.14 Å². The largest absolute Gasteiger partial charge is 0.357 e. The second-order valence-corrected chi connectivity index (χ2v) is 4.67. The molecule has 14 heavy (non-hydrogen) atoms. The summed E-state index contributed by atoms with van der Waals surface area (Å²) in [6.45, 7) is 1.69. The van der Waals surface area contributed by atoms with Crippen molar-refractivity contribution in [2.75, 3.05) is 0 Å². The first-order chi connectivity index (χ1) is 6.50. The topological polar surface area (TPSA) is 76.0 Å². The molecule has 0 aliphatic heterocycles. The fraction of sp³-hybridized carbons (Fsp3) is 0.111. The summed E-state index contributed by atoms with van der Waals surface area (Å²) in [7, 11) is -3.65. The number of benzene rings is 1. The van der Waals surface area contributed by atoms with Crippen molar-refractivity contribution in [2.45, 2.75) is 11.8 Å². The number of hydrogen-bond acceptors (Lipinski definition) is 2. The molecule has 3 N–H and O–H groups in total. The van der Waals surface area contributed by atoms with Gasteiger partial charge in [0.15, 0.2) is 0 Å². The first-order valence-electron chi connectivity index (χ1n) is 4.10. The first-order valence-corrected chi connectivity index (χ1v) is 5.65. The summed E-state index contributed by atoms with van der Waals surface area (Å²) in [6.07, 6.45) is 0. The Morgan fingerprint density at radius 1 is 1.29 bits per heavy atom. The van der Waals surface area contributed by atoms with Crippen LogP contribution >= 0.6 is 0 Å². The van der Waals surface area contributed by atoms with Crippen LogP contribution in [0.2, 0.25) is 0 Å². The molecular weight excluding hydrogens is 200 g/mol. The average Bonchev–Trinajstić information content (AvgIpc) is 2.38. The molecule has 2 rings (SSSR count). The second kappa shape index (κ2) is 2.83. The van der Waals surface area contributed by atoms with Gasteiger partial charge in [-0.2, -0.15) is 0 Å². The molecule has 0 unspecified atom stereocenters. The van der Waals surface area contributed by atoms with E-state index >= 15 is 0 Å². The Morgan fingerprint density at radius 2 is 1.93 bits per heavy atom. The Morgan fingerprint density at radius 3 is 2.57 bits per heavy atom. The van der Waals surface area contributed by atoms with E-state index in [0.717, 1.165) is 5.52 Å². The Kier molecular flexibility index (Phi) is 1.87. The molecule has 1 aromatic heterocycles. The van der Waals surface area contributed by atoms with E-state index in [-0.39, 0.29) is 4.90 Å². The van der Waals surface area contributed by atoms with Gasteiger partial charge in [0.2, 0.25) is 10.0 Å². The zero-order valence-corrected chi connectivity index (χ0v) is 8.43. The van der Waals surface area contributed by atoms with Crippen LogP contribution in [0.5, 0.6) is 0 Å². The molecule has 0 fully saturated rings. The van der Waals surface area contributed by atoms with Gasteiger partial charge in [-0.25, -0.2) is 13.6 Å². The molecular formula is C9H10N2O2S. The van der Waals surface area contributed by atoms with E-state index in [1.165, 1.54) is 0 Å². The number of para-hydroxylation sites is 1. The van der Waals surface area contributed by atoms with Crippen LogP contribution < -0.4 is 5.14 Å². The summed E-state index contributed by atoms with van der Waals surface area (Å²) in [4.78, 5) is 3.16. The Labute approximate surface area is 81.8 Å². The van der Waals surface area contributed by atoms with Crippen molar-refractivity contribution >= 4 is 20.9 Å². The van der Waals surface area contributed by atoms with Gasteiger partial charge >= 0.3 is 0 Å². The van der Waals surface area contributed by atoms with Gasteiger partial charge in [-0.1, -0.05) is 18.2 Å². The average molecular weight is 210 g/mol. The third-order valence-electron chi connectivity index (χ3n) is 2.12. The smallest absolute Gasteiger partial charge is 0.240 e. The number of nitrogens with two attached hydrogens (primary N) is 1. The summed E-state index contributed by atoms with van der Waals surface area (Å²) >= 11 is 0. The number of aromatic amines is 1. The highest BCUT2D eigenvalue weighted by molar-refractivity contribution is 7.89. The molecule has 0 radical (unpaired) electrons. The van der Waals surface area contributed by atoms with Crippen LogP contribution in [-0.4, -0.2) is 13.4 Å². The standard InChI is InChI=1S/C9H10N2O2S/c1-6-9(14(10,12)13)7-4-2-3-5-8(7)11-6/h2-5,11H,1H3,(H2,10,12,13). The molecule has 74 valence electrons. The van der Waals surface area contributed by atoms with Gasteiger partial charge in [0.1, 0.15) is 4.90 Å². The van der Waals surface area contributed by atoms with Crippen LogP contribution in [0, 0.1) is 6.92 Å². The lowest BCUT2D eigenvalue weighted by Gasteiger charge is -1.96. The van der Waals surface area contributed by atoms with Crippen molar-refractivity contribution < 1.29 is 8.42 Å². The lowest BCUT2D eigenvalue weighted by atomic mass is 10.2. The molecule has 0 saturated heterocycles. The first kappa shape index (κ1) is 9.23. The predicted molar refractivity (Wildman–Crippen MR) is 54.4 cm³/mol. The number of hydrogen-bond donors (Lipinski definition) is 2. The zero-order chi connectivity index (χ0) is 10.3. The van der Waals surface area contributed by atoms with Crippen LogP contribution in [-0.2, 0) is 10.0 Å². The van der Waals surface area contributed by atoms with E-state index in [9.17, 15) is 8.42 Å². The number of primary sulfonamides is 1. The van der Waals surface area contributed by atoms with E-state index in [1.54, 1.807) is 19.1 Å². The van der Waals surface area contributed by atoms with Crippen molar-refractivity contribution in [3.63, 3.8) is 0 Å². The fourth-order valence-corrected chi connectivity index (χ4v) is 2.58. The number of aromatic nitrogens is 1. The van der Waals surface area contributed by atoms with Crippen molar-refractivity contribution in [1.29, 1.82) is 0 Å². The van der Waals surface area contributed by atoms with Crippen LogP contribution in [0.15, 0.2) is 29.2 Å². The van der Waals surface area contributed by atoms with E-state index < -0.39 is 10.0 Å². The number of rotatable bonds is 1. The predicted octanol–water partition coefficient (Wildman–Crippen LogP) is 1.12. The van der Waals surface area contributed by atoms with Crippen molar-refractivity contribution in [3.8, 4) is 0 Å². The monoisotopic (exact) mass is 210 g/mol. The molecule has 0 aliphatic carbocycles. The minimum Gasteiger partial charge on any atom is -0.357 e. The van der Waals surface area contributed by atoms with Gasteiger partial charge in [-0.05, 0) is 13.0 Å². The Balaban J connectivity index is 2.95. The number of H-pyrrole nitrogens is 1. The van der Waals surface area contributed by atoms with Crippen LogP contribution in [0.4, 0.5) is 0 Å². The van der Waals surface area contributed by atoms with Gasteiger partial charge in [-0.3, -0.25) is 0 Å². The minimum atomic E-state index is -3.65. The molecule has 2 aromatic rings. The van der Waals surface area contributed by atoms with E-state index in [0.29, 0.717) is 11.1 Å². The van der Waals surface area contributed by atoms with Crippen LogP contribution in [0.3, 0.4) is 0 Å². The number of aryl methyl sites for hydroxylation is 1. The highest BCUT2D eigenvalue weighted by Gasteiger charge is 2.17. The molecule has 0 saturated carbocycles. The molecule has 0 aliphatic rings. The van der Waals surface area contributed by atoms with Gasteiger partial charge < -0.3 is 4.98 Å². The highest BCUT2D eigenvalue weighted by Crippen LogP contribution is 2.24. The molecule has 5 heteroatoms. The van der Waals surface area contributed by atoms with E-state index in [4.69, 9.17) is 5.14 Å². The van der Waals surface area contributed by atoms with Crippen molar-refractivity contribution in [3.05, 3.63) is 30.0 Å². The lowest BCUT2D eigenvalue weighted by molar-refractivity contribution is 0.598. The van der Waals surface area contributed by atoms with E-state index in [2.05, 4.69) is 4.98 Å². The molecule has 4 nitrogen and oxygen atoms in total. The Hall–Kier alpha value is -1.33. The summed E-state index contributed by atoms with van der Waals surface area (Å²) in [5, 5.41) is 5.77. The van der Waals surface area contributed by atoms with Gasteiger partial charge in [0, 0.05) is 16.6 Å². The lowest BCUT2D eigenvalue weighted by Crippen LogP contribution is -2.12. The SMILES string of the molecule is Cc1[nH]c2ccccc2c1S(N)(=O)=O. The van der Waals surface area contributed by atoms with Gasteiger partial charge in [-0.15, -0.1) is 0 Å². The Bertz CT molecular complexity index is 584. The normalized spacial score (nSPS) is 12.1. The maximum Gasteiger partial charge on any atom is 0.240 e. The maximum absolute atomic E-state index is 11.3. The summed E-state index contributed by atoms with van der Waals surface area (Å²) < 4.78 is 22.6. The highest BCUT2D eigenvalue weighted by atomic mass is 32.2. The summed E-state index contributed by atoms with van der Waals surface area (Å²) in [5.41, 5.74) is 1.36.